The summed E-state index contributed by atoms with van der Waals surface area (Å²) < 4.78 is 5.45. The Morgan fingerprint density at radius 1 is 1.29 bits per heavy atom. The molecule has 2 aliphatic rings. The molecule has 14 heavy (non-hydrogen) atoms. The number of hydrogen-bond acceptors (Lipinski definition) is 3. The van der Waals surface area contributed by atoms with Gasteiger partial charge in [0.15, 0.2) is 0 Å². The first kappa shape index (κ1) is 10.4. The Balaban J connectivity index is 1.84. The van der Waals surface area contributed by atoms with Gasteiger partial charge in [-0.3, -0.25) is 4.90 Å². The number of methoxy groups -OCH3 is 1. The van der Waals surface area contributed by atoms with Crippen molar-refractivity contribution in [1.82, 2.24) is 4.90 Å². The number of nitrogens with two attached hydrogens (primary N) is 1. The van der Waals surface area contributed by atoms with Crippen LogP contribution in [0.2, 0.25) is 0 Å². The lowest BCUT2D eigenvalue weighted by Crippen LogP contribution is -2.40. The van der Waals surface area contributed by atoms with E-state index in [9.17, 15) is 0 Å². The molecule has 0 radical (unpaired) electrons. The molecule has 0 aromatic rings. The van der Waals surface area contributed by atoms with Gasteiger partial charge in [-0.25, -0.2) is 0 Å². The summed E-state index contributed by atoms with van der Waals surface area (Å²) in [7, 11) is 1.84. The van der Waals surface area contributed by atoms with Crippen LogP contribution in [0, 0.1) is 0 Å². The Morgan fingerprint density at radius 2 is 2.14 bits per heavy atom. The highest BCUT2D eigenvalue weighted by molar-refractivity contribution is 4.87. The third kappa shape index (κ3) is 2.27. The predicted molar refractivity (Wildman–Crippen MR) is 57.2 cm³/mol. The predicted octanol–water partition coefficient (Wildman–Crippen LogP) is 0.977. The molecule has 0 aromatic heterocycles. The molecule has 2 fully saturated rings. The van der Waals surface area contributed by atoms with Gasteiger partial charge in [0.1, 0.15) is 0 Å². The van der Waals surface area contributed by atoms with Gasteiger partial charge in [0.2, 0.25) is 0 Å². The molecular formula is C11H22N2O. The smallest absolute Gasteiger partial charge is 0.0586 e. The van der Waals surface area contributed by atoms with Crippen molar-refractivity contribution < 1.29 is 4.74 Å². The summed E-state index contributed by atoms with van der Waals surface area (Å²) in [6.45, 7) is 2.30. The third-order valence-electron chi connectivity index (χ3n) is 3.70. The van der Waals surface area contributed by atoms with Gasteiger partial charge < -0.3 is 10.5 Å². The number of rotatable bonds is 2. The van der Waals surface area contributed by atoms with E-state index in [1.807, 2.05) is 7.11 Å². The van der Waals surface area contributed by atoms with E-state index >= 15 is 0 Å². The van der Waals surface area contributed by atoms with E-state index in [-0.39, 0.29) is 0 Å². The van der Waals surface area contributed by atoms with Gasteiger partial charge in [-0.2, -0.15) is 0 Å². The van der Waals surface area contributed by atoms with Crippen molar-refractivity contribution in [1.29, 1.82) is 0 Å². The van der Waals surface area contributed by atoms with Crippen LogP contribution in [0.15, 0.2) is 0 Å². The van der Waals surface area contributed by atoms with Crippen molar-refractivity contribution in [2.75, 3.05) is 20.2 Å². The zero-order valence-corrected chi connectivity index (χ0v) is 9.11. The van der Waals surface area contributed by atoms with Gasteiger partial charge >= 0.3 is 0 Å². The highest BCUT2D eigenvalue weighted by Crippen LogP contribution is 2.26. The van der Waals surface area contributed by atoms with Gasteiger partial charge in [-0.15, -0.1) is 0 Å². The molecule has 0 aromatic carbocycles. The lowest BCUT2D eigenvalue weighted by molar-refractivity contribution is 0.0338. The molecule has 1 heterocycles. The van der Waals surface area contributed by atoms with Crippen LogP contribution in [0.3, 0.4) is 0 Å². The molecule has 2 N–H and O–H groups in total. The maximum atomic E-state index is 5.93. The van der Waals surface area contributed by atoms with E-state index in [0.29, 0.717) is 12.1 Å². The topological polar surface area (TPSA) is 38.5 Å². The van der Waals surface area contributed by atoms with Gasteiger partial charge in [-0.1, -0.05) is 0 Å². The van der Waals surface area contributed by atoms with Crippen LogP contribution in [-0.4, -0.2) is 43.3 Å². The van der Waals surface area contributed by atoms with Crippen molar-refractivity contribution in [3.8, 4) is 0 Å². The fourth-order valence-electron chi connectivity index (χ4n) is 2.81. The number of likely N-dealkylation sites (tertiary alicyclic amines) is 1. The van der Waals surface area contributed by atoms with Gasteiger partial charge in [0, 0.05) is 32.3 Å². The lowest BCUT2D eigenvalue weighted by Gasteiger charge is -2.34. The monoisotopic (exact) mass is 198 g/mol. The summed E-state index contributed by atoms with van der Waals surface area (Å²) in [6.07, 6.45) is 6.77. The average molecular weight is 198 g/mol. The molecule has 0 bridgehead atoms. The van der Waals surface area contributed by atoms with E-state index in [1.165, 1.54) is 38.6 Å². The zero-order valence-electron chi connectivity index (χ0n) is 9.11. The second kappa shape index (κ2) is 4.60. The number of hydrogen-bond donors (Lipinski definition) is 1. The molecule has 2 unspecified atom stereocenters. The molecular weight excluding hydrogens is 176 g/mol. The molecule has 0 amide bonds. The maximum Gasteiger partial charge on any atom is 0.0586 e. The summed E-state index contributed by atoms with van der Waals surface area (Å²) in [4.78, 5) is 2.57. The van der Waals surface area contributed by atoms with Crippen LogP contribution in [-0.2, 0) is 4.74 Å². The third-order valence-corrected chi connectivity index (χ3v) is 3.70. The molecule has 1 aliphatic carbocycles. The highest BCUT2D eigenvalue weighted by atomic mass is 16.5. The van der Waals surface area contributed by atoms with Crippen LogP contribution in [0.5, 0.6) is 0 Å². The van der Waals surface area contributed by atoms with Crippen molar-refractivity contribution in [2.24, 2.45) is 5.73 Å². The largest absolute Gasteiger partial charge is 0.381 e. The zero-order chi connectivity index (χ0) is 9.97. The van der Waals surface area contributed by atoms with E-state index in [2.05, 4.69) is 4.90 Å². The minimum Gasteiger partial charge on any atom is -0.381 e. The molecule has 82 valence electrons. The minimum absolute atomic E-state index is 0.415. The van der Waals surface area contributed by atoms with Crippen molar-refractivity contribution in [3.05, 3.63) is 0 Å². The van der Waals surface area contributed by atoms with E-state index in [4.69, 9.17) is 10.5 Å². The van der Waals surface area contributed by atoms with Crippen molar-refractivity contribution in [2.45, 2.75) is 50.3 Å². The standard InChI is InChI=1S/C11H22N2O/c1-14-11-4-2-3-10(7-11)13-6-5-9(12)8-13/h9-11H,2-8,12H2,1H3/t9-,10?,11?/m0/s1. The van der Waals surface area contributed by atoms with E-state index < -0.39 is 0 Å². The molecule has 3 heteroatoms. The van der Waals surface area contributed by atoms with Crippen molar-refractivity contribution >= 4 is 0 Å². The summed E-state index contributed by atoms with van der Waals surface area (Å²) >= 11 is 0. The van der Waals surface area contributed by atoms with Crippen LogP contribution in [0.1, 0.15) is 32.1 Å². The molecule has 2 rings (SSSR count). The first-order valence-electron chi connectivity index (χ1n) is 5.82. The number of nitrogens with zero attached hydrogens (tertiary/aromatic N) is 1. The Hall–Kier alpha value is -0.120. The molecule has 3 atom stereocenters. The SMILES string of the molecule is COC1CCCC(N2CC[C@H](N)C2)C1. The molecule has 0 spiro atoms. The van der Waals surface area contributed by atoms with Gasteiger partial charge in [0.25, 0.3) is 0 Å². The van der Waals surface area contributed by atoms with Gasteiger partial charge in [0.05, 0.1) is 6.10 Å². The van der Waals surface area contributed by atoms with E-state index in [1.54, 1.807) is 0 Å². The first-order chi connectivity index (χ1) is 6.79. The van der Waals surface area contributed by atoms with Crippen molar-refractivity contribution in [3.63, 3.8) is 0 Å². The minimum atomic E-state index is 0.415. The molecule has 1 saturated heterocycles. The Morgan fingerprint density at radius 3 is 2.79 bits per heavy atom. The molecule has 3 nitrogen and oxygen atoms in total. The fraction of sp³-hybridized carbons (Fsp3) is 1.00. The quantitative estimate of drug-likeness (QED) is 0.719. The first-order valence-corrected chi connectivity index (χ1v) is 5.82. The average Bonchev–Trinajstić information content (AvgIpc) is 2.65. The van der Waals surface area contributed by atoms with E-state index in [0.717, 1.165) is 12.6 Å². The molecule has 1 saturated carbocycles. The van der Waals surface area contributed by atoms with Crippen LogP contribution in [0.25, 0.3) is 0 Å². The highest BCUT2D eigenvalue weighted by Gasteiger charge is 2.30. The summed E-state index contributed by atoms with van der Waals surface area (Å²) in [5.41, 5.74) is 5.93. The number of ether oxygens (including phenoxy) is 1. The van der Waals surface area contributed by atoms with Crippen LogP contribution >= 0.6 is 0 Å². The normalized spacial score (nSPS) is 40.3. The van der Waals surface area contributed by atoms with Crippen LogP contribution < -0.4 is 5.73 Å². The molecule has 1 aliphatic heterocycles. The second-order valence-corrected chi connectivity index (χ2v) is 4.72. The summed E-state index contributed by atoms with van der Waals surface area (Å²) in [5.74, 6) is 0. The summed E-state index contributed by atoms with van der Waals surface area (Å²) in [6, 6.07) is 1.15. The fourth-order valence-corrected chi connectivity index (χ4v) is 2.81. The Bertz CT molecular complexity index is 186. The maximum absolute atomic E-state index is 5.93. The Kier molecular flexibility index (Phi) is 3.42. The second-order valence-electron chi connectivity index (χ2n) is 4.72. The summed E-state index contributed by atoms with van der Waals surface area (Å²) in [5, 5.41) is 0. The Labute approximate surface area is 86.6 Å². The van der Waals surface area contributed by atoms with Gasteiger partial charge in [-0.05, 0) is 32.1 Å². The lowest BCUT2D eigenvalue weighted by atomic mass is 9.92. The van der Waals surface area contributed by atoms with Crippen LogP contribution in [0.4, 0.5) is 0 Å².